The van der Waals surface area contributed by atoms with Crippen LogP contribution >= 0.6 is 0 Å². The molecule has 114 valence electrons. The Balaban J connectivity index is 2.00. The van der Waals surface area contributed by atoms with E-state index in [2.05, 4.69) is 5.32 Å². The molecule has 2 heterocycles. The van der Waals surface area contributed by atoms with Gasteiger partial charge in [0.25, 0.3) is 0 Å². The number of carbonyl (C=O) groups excluding carboxylic acids is 2. The summed E-state index contributed by atoms with van der Waals surface area (Å²) < 4.78 is 0. The molecular weight excluding hydrogens is 260 g/mol. The highest BCUT2D eigenvalue weighted by molar-refractivity contribution is 6.35. The fourth-order valence-electron chi connectivity index (χ4n) is 2.86. The second-order valence-electron chi connectivity index (χ2n) is 5.81. The fourth-order valence-corrected chi connectivity index (χ4v) is 2.86. The van der Waals surface area contributed by atoms with E-state index in [0.29, 0.717) is 26.1 Å². The van der Waals surface area contributed by atoms with Gasteiger partial charge in [-0.25, -0.2) is 0 Å². The number of likely N-dealkylation sites (tertiary alicyclic amines) is 1. The summed E-state index contributed by atoms with van der Waals surface area (Å²) in [5, 5.41) is 12.9. The molecule has 20 heavy (non-hydrogen) atoms. The summed E-state index contributed by atoms with van der Waals surface area (Å²) in [4.78, 5) is 29.7. The van der Waals surface area contributed by atoms with E-state index in [-0.39, 0.29) is 12.6 Å². The number of nitrogens with one attached hydrogen (secondary N) is 1. The number of amides is 2. The van der Waals surface area contributed by atoms with Gasteiger partial charge in [0.2, 0.25) is 0 Å². The Labute approximate surface area is 119 Å². The number of aliphatic hydroxyl groups is 1. The maximum Gasteiger partial charge on any atom is 0.312 e. The number of carbonyl (C=O) groups is 2. The predicted molar refractivity (Wildman–Crippen MR) is 74.1 cm³/mol. The van der Waals surface area contributed by atoms with Gasteiger partial charge in [0.1, 0.15) is 0 Å². The van der Waals surface area contributed by atoms with Crippen molar-refractivity contribution in [1.29, 1.82) is 0 Å². The lowest BCUT2D eigenvalue weighted by molar-refractivity contribution is -0.153. The van der Waals surface area contributed by atoms with Crippen molar-refractivity contribution >= 4 is 11.8 Å². The van der Waals surface area contributed by atoms with Crippen LogP contribution in [-0.2, 0) is 9.59 Å². The van der Waals surface area contributed by atoms with Gasteiger partial charge in [-0.05, 0) is 20.5 Å². The van der Waals surface area contributed by atoms with Crippen molar-refractivity contribution in [2.75, 3.05) is 53.4 Å². The van der Waals surface area contributed by atoms with E-state index in [1.54, 1.807) is 4.90 Å². The topological polar surface area (TPSA) is 76.1 Å². The molecule has 2 amide bonds. The van der Waals surface area contributed by atoms with Crippen LogP contribution in [0.1, 0.15) is 6.42 Å². The van der Waals surface area contributed by atoms with Crippen LogP contribution in [0.15, 0.2) is 0 Å². The van der Waals surface area contributed by atoms with E-state index >= 15 is 0 Å². The van der Waals surface area contributed by atoms with E-state index in [4.69, 9.17) is 0 Å². The monoisotopic (exact) mass is 284 g/mol. The molecule has 2 fully saturated rings. The highest BCUT2D eigenvalue weighted by Crippen LogP contribution is 2.19. The lowest BCUT2D eigenvalue weighted by Crippen LogP contribution is -2.53. The zero-order valence-electron chi connectivity index (χ0n) is 12.2. The van der Waals surface area contributed by atoms with Crippen molar-refractivity contribution in [2.24, 2.45) is 0 Å². The van der Waals surface area contributed by atoms with Gasteiger partial charge in [-0.1, -0.05) is 0 Å². The summed E-state index contributed by atoms with van der Waals surface area (Å²) >= 11 is 0. The SMILES string of the molecule is CN(C)CC1CC(O)CN1C(=O)C(=O)N1CCNCC1. The summed E-state index contributed by atoms with van der Waals surface area (Å²) in [7, 11) is 3.84. The van der Waals surface area contributed by atoms with Crippen molar-refractivity contribution in [2.45, 2.75) is 18.6 Å². The van der Waals surface area contributed by atoms with Crippen LogP contribution in [-0.4, -0.2) is 97.1 Å². The molecule has 2 unspecified atom stereocenters. The number of piperazine rings is 1. The smallest absolute Gasteiger partial charge is 0.312 e. The van der Waals surface area contributed by atoms with Gasteiger partial charge >= 0.3 is 11.8 Å². The standard InChI is InChI=1S/C13H24N4O3/c1-15(2)8-10-7-11(18)9-17(10)13(20)12(19)16-5-3-14-4-6-16/h10-11,14,18H,3-9H2,1-2H3. The molecule has 0 spiro atoms. The largest absolute Gasteiger partial charge is 0.391 e. The minimum Gasteiger partial charge on any atom is -0.391 e. The van der Waals surface area contributed by atoms with Crippen molar-refractivity contribution in [3.05, 3.63) is 0 Å². The predicted octanol–water partition coefficient (Wildman–Crippen LogP) is -2.06. The summed E-state index contributed by atoms with van der Waals surface area (Å²) in [5.74, 6) is -0.917. The normalized spacial score (nSPS) is 27.2. The van der Waals surface area contributed by atoms with Crippen LogP contribution in [0.2, 0.25) is 0 Å². The summed E-state index contributed by atoms with van der Waals surface area (Å²) in [5.41, 5.74) is 0. The second kappa shape index (κ2) is 6.51. The first-order chi connectivity index (χ1) is 9.49. The van der Waals surface area contributed by atoms with E-state index in [0.717, 1.165) is 13.1 Å². The van der Waals surface area contributed by atoms with E-state index in [1.807, 2.05) is 19.0 Å². The zero-order valence-corrected chi connectivity index (χ0v) is 12.2. The first-order valence-corrected chi connectivity index (χ1v) is 7.12. The molecule has 2 saturated heterocycles. The van der Waals surface area contributed by atoms with Gasteiger partial charge in [-0.3, -0.25) is 9.59 Å². The lowest BCUT2D eigenvalue weighted by atomic mass is 10.2. The molecular formula is C13H24N4O3. The molecule has 2 rings (SSSR count). The number of rotatable bonds is 2. The third-order valence-corrected chi connectivity index (χ3v) is 3.82. The van der Waals surface area contributed by atoms with Crippen molar-refractivity contribution in [3.8, 4) is 0 Å². The Morgan fingerprint density at radius 1 is 1.25 bits per heavy atom. The first-order valence-electron chi connectivity index (χ1n) is 7.12. The van der Waals surface area contributed by atoms with Crippen molar-refractivity contribution < 1.29 is 14.7 Å². The van der Waals surface area contributed by atoms with Crippen LogP contribution in [0.3, 0.4) is 0 Å². The maximum absolute atomic E-state index is 12.4. The Morgan fingerprint density at radius 3 is 2.50 bits per heavy atom. The van der Waals surface area contributed by atoms with Crippen LogP contribution in [0, 0.1) is 0 Å². The van der Waals surface area contributed by atoms with E-state index in [9.17, 15) is 14.7 Å². The highest BCUT2D eigenvalue weighted by Gasteiger charge is 2.38. The number of likely N-dealkylation sites (N-methyl/N-ethyl adjacent to an activating group) is 1. The lowest BCUT2D eigenvalue weighted by Gasteiger charge is -2.31. The highest BCUT2D eigenvalue weighted by atomic mass is 16.3. The van der Waals surface area contributed by atoms with E-state index < -0.39 is 17.9 Å². The van der Waals surface area contributed by atoms with Crippen LogP contribution < -0.4 is 5.32 Å². The van der Waals surface area contributed by atoms with Gasteiger partial charge in [-0.2, -0.15) is 0 Å². The zero-order chi connectivity index (χ0) is 14.7. The van der Waals surface area contributed by atoms with Crippen LogP contribution in [0.5, 0.6) is 0 Å². The number of β-amino-alcohol motifs (C(OH)–C–C–N with tert-alkyl or cyclic N) is 1. The average Bonchev–Trinajstić information content (AvgIpc) is 2.78. The van der Waals surface area contributed by atoms with Gasteiger partial charge in [0, 0.05) is 45.3 Å². The van der Waals surface area contributed by atoms with Crippen molar-refractivity contribution in [1.82, 2.24) is 20.0 Å². The van der Waals surface area contributed by atoms with Gasteiger partial charge in [0.05, 0.1) is 6.10 Å². The van der Waals surface area contributed by atoms with E-state index in [1.165, 1.54) is 4.90 Å². The number of hydrogen-bond acceptors (Lipinski definition) is 5. The molecule has 2 aliphatic rings. The molecule has 0 saturated carbocycles. The number of aliphatic hydroxyl groups excluding tert-OH is 1. The number of nitrogens with zero attached hydrogens (tertiary/aromatic N) is 3. The maximum atomic E-state index is 12.4. The molecule has 0 radical (unpaired) electrons. The van der Waals surface area contributed by atoms with Crippen molar-refractivity contribution in [3.63, 3.8) is 0 Å². The van der Waals surface area contributed by atoms with Crippen LogP contribution in [0.25, 0.3) is 0 Å². The Morgan fingerprint density at radius 2 is 1.90 bits per heavy atom. The summed E-state index contributed by atoms with van der Waals surface area (Å²) in [6.45, 7) is 3.51. The summed E-state index contributed by atoms with van der Waals surface area (Å²) in [6, 6.07) is -0.0839. The van der Waals surface area contributed by atoms with Gasteiger partial charge in [0.15, 0.2) is 0 Å². The van der Waals surface area contributed by atoms with Gasteiger partial charge < -0.3 is 25.1 Å². The Bertz CT molecular complexity index is 369. The Hall–Kier alpha value is -1.18. The molecule has 0 aromatic carbocycles. The van der Waals surface area contributed by atoms with Gasteiger partial charge in [-0.15, -0.1) is 0 Å². The first kappa shape index (κ1) is 15.2. The molecule has 2 aliphatic heterocycles. The second-order valence-corrected chi connectivity index (χ2v) is 5.81. The third-order valence-electron chi connectivity index (χ3n) is 3.82. The molecule has 2 atom stereocenters. The Kier molecular flexibility index (Phi) is 4.95. The molecule has 2 N–H and O–H groups in total. The minimum absolute atomic E-state index is 0.0839. The quantitative estimate of drug-likeness (QED) is 0.571. The minimum atomic E-state index is -0.528. The molecule has 7 nitrogen and oxygen atoms in total. The number of hydrogen-bond donors (Lipinski definition) is 2. The molecule has 7 heteroatoms. The van der Waals surface area contributed by atoms with Crippen LogP contribution in [0.4, 0.5) is 0 Å². The summed E-state index contributed by atoms with van der Waals surface area (Å²) in [6.07, 6.45) is 0.0124. The molecule has 0 aromatic rings. The fraction of sp³-hybridized carbons (Fsp3) is 0.846. The average molecular weight is 284 g/mol. The molecule has 0 aromatic heterocycles. The third kappa shape index (κ3) is 3.47. The molecule has 0 bridgehead atoms. The molecule has 0 aliphatic carbocycles.